The Hall–Kier alpha value is -2.91. The maximum Gasteiger partial charge on any atom is 0.516 e. The van der Waals surface area contributed by atoms with Gasteiger partial charge < -0.3 is 29.0 Å². The second-order valence-corrected chi connectivity index (χ2v) is 7.75. The summed E-state index contributed by atoms with van der Waals surface area (Å²) in [5.41, 5.74) is 1.30. The summed E-state index contributed by atoms with van der Waals surface area (Å²) in [7, 11) is 1.16. The molecule has 174 valence electrons. The number of allylic oxidation sites excluding steroid dienone is 2. The van der Waals surface area contributed by atoms with E-state index in [0.717, 1.165) is 7.11 Å². The summed E-state index contributed by atoms with van der Waals surface area (Å²) in [6.07, 6.45) is -2.12. The largest absolute Gasteiger partial charge is 0.516 e. The fourth-order valence-electron chi connectivity index (χ4n) is 2.81. The van der Waals surface area contributed by atoms with Crippen LogP contribution in [0, 0.1) is 5.92 Å². The average molecular weight is 488 g/mol. The van der Waals surface area contributed by atoms with Crippen LogP contribution in [0.15, 0.2) is 41.1 Å². The van der Waals surface area contributed by atoms with E-state index in [9.17, 15) is 14.4 Å². The molecule has 0 aromatic heterocycles. The van der Waals surface area contributed by atoms with Crippen molar-refractivity contribution in [2.45, 2.75) is 33.6 Å². The molecule has 0 spiro atoms. The van der Waals surface area contributed by atoms with Gasteiger partial charge in [0.15, 0.2) is 0 Å². The van der Waals surface area contributed by atoms with Crippen molar-refractivity contribution in [2.75, 3.05) is 13.9 Å². The average Bonchev–Trinajstić information content (AvgIpc) is 2.73. The van der Waals surface area contributed by atoms with E-state index >= 15 is 0 Å². The quantitative estimate of drug-likeness (QED) is 0.327. The highest BCUT2D eigenvalue weighted by Gasteiger charge is 2.37. The van der Waals surface area contributed by atoms with E-state index in [0.29, 0.717) is 17.0 Å². The SMILES string of the molecule is COC(=O)OC1=C(C)NC(C)=C(OC(=O)OCOC(=O)C(C)C)C1c1cccc(Cl)c1Cl. The number of nitrogens with one attached hydrogen (secondary N) is 1. The molecule has 1 N–H and O–H groups in total. The van der Waals surface area contributed by atoms with Gasteiger partial charge >= 0.3 is 18.3 Å². The zero-order valence-corrected chi connectivity index (χ0v) is 19.6. The van der Waals surface area contributed by atoms with E-state index in [1.807, 2.05) is 0 Å². The molecule has 9 nitrogen and oxygen atoms in total. The van der Waals surface area contributed by atoms with Gasteiger partial charge in [-0.1, -0.05) is 49.2 Å². The zero-order valence-electron chi connectivity index (χ0n) is 18.1. The molecule has 32 heavy (non-hydrogen) atoms. The van der Waals surface area contributed by atoms with Crippen LogP contribution in [0.2, 0.25) is 10.0 Å². The molecule has 0 aliphatic carbocycles. The van der Waals surface area contributed by atoms with E-state index in [1.165, 1.54) is 0 Å². The molecule has 1 aliphatic heterocycles. The number of hydrogen-bond donors (Lipinski definition) is 1. The van der Waals surface area contributed by atoms with Gasteiger partial charge in [0.25, 0.3) is 0 Å². The molecule has 0 saturated heterocycles. The van der Waals surface area contributed by atoms with Crippen molar-refractivity contribution in [1.82, 2.24) is 5.32 Å². The maximum atomic E-state index is 12.3. The lowest BCUT2D eigenvalue weighted by Gasteiger charge is -2.30. The topological polar surface area (TPSA) is 109 Å². The van der Waals surface area contributed by atoms with Crippen molar-refractivity contribution in [2.24, 2.45) is 5.92 Å². The Morgan fingerprint density at radius 3 is 2.16 bits per heavy atom. The van der Waals surface area contributed by atoms with Gasteiger partial charge in [-0.3, -0.25) is 4.79 Å². The van der Waals surface area contributed by atoms with Crippen LogP contribution >= 0.6 is 23.2 Å². The van der Waals surface area contributed by atoms with E-state index in [1.54, 1.807) is 45.9 Å². The van der Waals surface area contributed by atoms with Crippen molar-refractivity contribution in [3.05, 3.63) is 56.7 Å². The smallest absolute Gasteiger partial charge is 0.437 e. The minimum atomic E-state index is -1.14. The molecule has 1 aromatic carbocycles. The first kappa shape index (κ1) is 25.4. The molecule has 2 rings (SSSR count). The van der Waals surface area contributed by atoms with E-state index in [-0.39, 0.29) is 27.5 Å². The first-order valence-electron chi connectivity index (χ1n) is 9.46. The molecule has 0 bridgehead atoms. The van der Waals surface area contributed by atoms with Crippen molar-refractivity contribution in [3.8, 4) is 0 Å². The summed E-state index contributed by atoms with van der Waals surface area (Å²) >= 11 is 12.6. The number of ether oxygens (including phenoxy) is 5. The fraction of sp³-hybridized carbons (Fsp3) is 0.381. The first-order chi connectivity index (χ1) is 15.1. The van der Waals surface area contributed by atoms with Gasteiger partial charge in [-0.25, -0.2) is 9.59 Å². The standard InChI is InChI=1S/C21H23Cl2NO8/c1-10(2)19(25)29-9-30-21(27)32-18-12(4)24-11(3)17(31-20(26)28-5)15(18)13-7-6-8-14(22)16(13)23/h6-8,10,15,24H,9H2,1-5H3. The summed E-state index contributed by atoms with van der Waals surface area (Å²) in [4.78, 5) is 35.7. The lowest BCUT2D eigenvalue weighted by Crippen LogP contribution is -2.29. The molecule has 1 heterocycles. The van der Waals surface area contributed by atoms with Crippen molar-refractivity contribution in [1.29, 1.82) is 0 Å². The number of dihydropyridines is 1. The van der Waals surface area contributed by atoms with Crippen LogP contribution in [0.1, 0.15) is 39.2 Å². The highest BCUT2D eigenvalue weighted by atomic mass is 35.5. The third kappa shape index (κ3) is 6.08. The number of esters is 1. The minimum absolute atomic E-state index is 0.0406. The zero-order chi connectivity index (χ0) is 24.0. The highest BCUT2D eigenvalue weighted by Crippen LogP contribution is 2.43. The Labute approximate surface area is 195 Å². The van der Waals surface area contributed by atoms with E-state index < -0.39 is 31.0 Å². The normalized spacial score (nSPS) is 15.8. The molecule has 1 unspecified atom stereocenters. The van der Waals surface area contributed by atoms with Crippen molar-refractivity contribution >= 4 is 41.5 Å². The Morgan fingerprint density at radius 1 is 1.00 bits per heavy atom. The van der Waals surface area contributed by atoms with Crippen LogP contribution in [-0.2, 0) is 28.5 Å². The second-order valence-electron chi connectivity index (χ2n) is 6.97. The van der Waals surface area contributed by atoms with Gasteiger partial charge in [0.05, 0.1) is 34.5 Å². The van der Waals surface area contributed by atoms with Crippen LogP contribution in [0.5, 0.6) is 0 Å². The maximum absolute atomic E-state index is 12.3. The van der Waals surface area contributed by atoms with Gasteiger partial charge in [-0.05, 0) is 25.5 Å². The minimum Gasteiger partial charge on any atom is -0.437 e. The van der Waals surface area contributed by atoms with Gasteiger partial charge in [0.2, 0.25) is 6.79 Å². The van der Waals surface area contributed by atoms with Crippen LogP contribution in [0.25, 0.3) is 0 Å². The number of hydrogen-bond acceptors (Lipinski definition) is 9. The summed E-state index contributed by atoms with van der Waals surface area (Å²) in [6, 6.07) is 4.87. The summed E-state index contributed by atoms with van der Waals surface area (Å²) in [5, 5.41) is 3.39. The summed E-state index contributed by atoms with van der Waals surface area (Å²) in [5.74, 6) is -1.74. The summed E-state index contributed by atoms with van der Waals surface area (Å²) < 4.78 is 25.0. The molecular weight excluding hydrogens is 465 g/mol. The van der Waals surface area contributed by atoms with Crippen LogP contribution in [0.4, 0.5) is 9.59 Å². The number of carbonyl (C=O) groups excluding carboxylic acids is 3. The Morgan fingerprint density at radius 2 is 1.59 bits per heavy atom. The monoisotopic (exact) mass is 487 g/mol. The molecule has 1 atom stereocenters. The number of benzene rings is 1. The molecule has 1 aromatic rings. The van der Waals surface area contributed by atoms with E-state index in [2.05, 4.69) is 10.1 Å². The number of rotatable bonds is 6. The van der Waals surface area contributed by atoms with Crippen LogP contribution < -0.4 is 5.32 Å². The predicted molar refractivity (Wildman–Crippen MR) is 115 cm³/mol. The lowest BCUT2D eigenvalue weighted by atomic mass is 9.90. The number of methoxy groups -OCH3 is 1. The van der Waals surface area contributed by atoms with Gasteiger partial charge in [-0.2, -0.15) is 0 Å². The Kier molecular flexibility index (Phi) is 8.80. The first-order valence-corrected chi connectivity index (χ1v) is 10.2. The van der Waals surface area contributed by atoms with Crippen LogP contribution in [0.3, 0.4) is 0 Å². The third-order valence-corrected chi connectivity index (χ3v) is 5.17. The Bertz CT molecular complexity index is 971. The van der Waals surface area contributed by atoms with Crippen molar-refractivity contribution < 1.29 is 38.1 Å². The second kappa shape index (κ2) is 11.1. The molecule has 0 radical (unpaired) electrons. The van der Waals surface area contributed by atoms with Gasteiger partial charge in [-0.15, -0.1) is 0 Å². The number of carbonyl (C=O) groups is 3. The molecular formula is C21H23Cl2NO8. The third-order valence-electron chi connectivity index (χ3n) is 4.33. The predicted octanol–water partition coefficient (Wildman–Crippen LogP) is 5.24. The highest BCUT2D eigenvalue weighted by molar-refractivity contribution is 6.42. The lowest BCUT2D eigenvalue weighted by molar-refractivity contribution is -0.156. The molecule has 11 heteroatoms. The van der Waals surface area contributed by atoms with Gasteiger partial charge in [0.1, 0.15) is 17.4 Å². The van der Waals surface area contributed by atoms with Gasteiger partial charge in [0, 0.05) is 0 Å². The Balaban J connectivity index is 2.37. The van der Waals surface area contributed by atoms with Crippen LogP contribution in [-0.4, -0.2) is 32.2 Å². The molecule has 0 amide bonds. The molecule has 0 fully saturated rings. The molecule has 1 aliphatic rings. The summed E-state index contributed by atoms with van der Waals surface area (Å²) in [6.45, 7) is 5.95. The van der Waals surface area contributed by atoms with Crippen molar-refractivity contribution in [3.63, 3.8) is 0 Å². The fourth-order valence-corrected chi connectivity index (χ4v) is 3.22. The van der Waals surface area contributed by atoms with E-state index in [4.69, 9.17) is 42.1 Å². The number of halogens is 2. The molecule has 0 saturated carbocycles.